The van der Waals surface area contributed by atoms with Crippen molar-refractivity contribution in [1.29, 1.82) is 5.41 Å². The van der Waals surface area contributed by atoms with Crippen molar-refractivity contribution in [3.8, 4) is 0 Å². The lowest BCUT2D eigenvalue weighted by atomic mass is 10.3. The molecule has 76 valence electrons. The lowest BCUT2D eigenvalue weighted by Gasteiger charge is -2.19. The summed E-state index contributed by atoms with van der Waals surface area (Å²) in [6.07, 6.45) is 3.82. The van der Waals surface area contributed by atoms with E-state index in [1.807, 2.05) is 18.0 Å². The first kappa shape index (κ1) is 10.8. The highest BCUT2D eigenvalue weighted by molar-refractivity contribution is 6.33. The molecule has 3 N–H and O–H groups in total. The van der Waals surface area contributed by atoms with Crippen molar-refractivity contribution in [3.63, 3.8) is 0 Å². The molecule has 0 bridgehead atoms. The fraction of sp³-hybridized carbons (Fsp3) is 0.333. The highest BCUT2D eigenvalue weighted by Crippen LogP contribution is 2.22. The molecule has 1 heterocycles. The lowest BCUT2D eigenvalue weighted by Crippen LogP contribution is -2.23. The molecule has 0 saturated heterocycles. The second kappa shape index (κ2) is 4.81. The molecule has 0 fully saturated rings. The number of rotatable bonds is 4. The van der Waals surface area contributed by atoms with Gasteiger partial charge in [0.25, 0.3) is 0 Å². The largest absolute Gasteiger partial charge is 0.388 e. The zero-order chi connectivity index (χ0) is 10.6. The molecule has 5 heteroatoms. The fourth-order valence-electron chi connectivity index (χ4n) is 1.09. The van der Waals surface area contributed by atoms with E-state index in [9.17, 15) is 0 Å². The van der Waals surface area contributed by atoms with Gasteiger partial charge in [-0.25, -0.2) is 0 Å². The van der Waals surface area contributed by atoms with E-state index >= 15 is 0 Å². The topological polar surface area (TPSA) is 66.0 Å². The number of nitrogens with zero attached hydrogens (tertiary/aromatic N) is 2. The Labute approximate surface area is 88.2 Å². The Hall–Kier alpha value is -1.29. The van der Waals surface area contributed by atoms with Crippen LogP contribution < -0.4 is 10.6 Å². The lowest BCUT2D eigenvalue weighted by molar-refractivity contribution is 0.909. The van der Waals surface area contributed by atoms with Gasteiger partial charge in [-0.2, -0.15) is 0 Å². The van der Waals surface area contributed by atoms with Crippen molar-refractivity contribution < 1.29 is 0 Å². The number of hydrogen-bond donors (Lipinski definition) is 2. The zero-order valence-corrected chi connectivity index (χ0v) is 8.75. The summed E-state index contributed by atoms with van der Waals surface area (Å²) in [6, 6.07) is 1.84. The van der Waals surface area contributed by atoms with Crippen LogP contribution in [0.25, 0.3) is 0 Å². The van der Waals surface area contributed by atoms with E-state index in [2.05, 4.69) is 4.98 Å². The molecule has 0 unspecified atom stereocenters. The summed E-state index contributed by atoms with van der Waals surface area (Å²) in [5, 5.41) is 7.72. The maximum Gasteiger partial charge on any atom is 0.0923 e. The van der Waals surface area contributed by atoms with Crippen LogP contribution in [0.5, 0.6) is 0 Å². The number of nitrogens with one attached hydrogen (secondary N) is 1. The highest BCUT2D eigenvalue weighted by atomic mass is 35.5. The van der Waals surface area contributed by atoms with E-state index in [1.165, 1.54) is 0 Å². The molecule has 14 heavy (non-hydrogen) atoms. The number of aromatic nitrogens is 1. The van der Waals surface area contributed by atoms with Crippen LogP contribution in [0.4, 0.5) is 5.69 Å². The summed E-state index contributed by atoms with van der Waals surface area (Å²) < 4.78 is 0. The number of hydrogen-bond acceptors (Lipinski definition) is 3. The third-order valence-electron chi connectivity index (χ3n) is 1.88. The number of amidine groups is 1. The predicted molar refractivity (Wildman–Crippen MR) is 59.0 cm³/mol. The van der Waals surface area contributed by atoms with Gasteiger partial charge in [-0.1, -0.05) is 11.6 Å². The molecule has 0 aliphatic heterocycles. The number of nitrogens with two attached hydrogens (primary N) is 1. The van der Waals surface area contributed by atoms with E-state index in [-0.39, 0.29) is 5.84 Å². The second-order valence-electron chi connectivity index (χ2n) is 3.02. The van der Waals surface area contributed by atoms with Gasteiger partial charge in [-0.3, -0.25) is 10.4 Å². The molecule has 4 nitrogen and oxygen atoms in total. The van der Waals surface area contributed by atoms with Crippen LogP contribution in [-0.4, -0.2) is 24.4 Å². The molecule has 0 aliphatic carbocycles. The van der Waals surface area contributed by atoms with Crippen molar-refractivity contribution in [1.82, 2.24) is 4.98 Å². The summed E-state index contributed by atoms with van der Waals surface area (Å²) in [6.45, 7) is 0.680. The Morgan fingerprint density at radius 3 is 3.00 bits per heavy atom. The van der Waals surface area contributed by atoms with Crippen LogP contribution in [0.3, 0.4) is 0 Å². The van der Waals surface area contributed by atoms with Gasteiger partial charge in [0.2, 0.25) is 0 Å². The van der Waals surface area contributed by atoms with Gasteiger partial charge in [-0.15, -0.1) is 0 Å². The molecular weight excluding hydrogens is 200 g/mol. The molecule has 0 aliphatic rings. The van der Waals surface area contributed by atoms with Crippen molar-refractivity contribution in [2.24, 2.45) is 5.73 Å². The maximum atomic E-state index is 7.11. The molecule has 1 aromatic heterocycles. The van der Waals surface area contributed by atoms with Crippen molar-refractivity contribution in [2.45, 2.75) is 6.42 Å². The van der Waals surface area contributed by atoms with Gasteiger partial charge in [-0.05, 0) is 6.07 Å². The summed E-state index contributed by atoms with van der Waals surface area (Å²) >= 11 is 5.95. The predicted octanol–water partition coefficient (Wildman–Crippen LogP) is 1.50. The first-order valence-electron chi connectivity index (χ1n) is 4.25. The van der Waals surface area contributed by atoms with Crippen LogP contribution in [-0.2, 0) is 0 Å². The molecule has 1 rings (SSSR count). The summed E-state index contributed by atoms with van der Waals surface area (Å²) in [4.78, 5) is 5.85. The fourth-order valence-corrected chi connectivity index (χ4v) is 1.35. The number of pyridine rings is 1. The first-order valence-corrected chi connectivity index (χ1v) is 4.62. The van der Waals surface area contributed by atoms with Crippen molar-refractivity contribution in [3.05, 3.63) is 23.5 Å². The van der Waals surface area contributed by atoms with Crippen LogP contribution in [0.2, 0.25) is 5.02 Å². The van der Waals surface area contributed by atoms with E-state index in [1.54, 1.807) is 12.4 Å². The molecule has 0 aromatic carbocycles. The van der Waals surface area contributed by atoms with Crippen LogP contribution >= 0.6 is 11.6 Å². The Bertz CT molecular complexity index is 326. The van der Waals surface area contributed by atoms with Gasteiger partial charge in [0.15, 0.2) is 0 Å². The Kier molecular flexibility index (Phi) is 3.71. The van der Waals surface area contributed by atoms with Gasteiger partial charge >= 0.3 is 0 Å². The van der Waals surface area contributed by atoms with Gasteiger partial charge in [0, 0.05) is 32.4 Å². The standard InChI is InChI=1S/C9H13ClN4/c1-14(5-3-9(11)12)8-2-4-13-6-7(8)10/h2,4,6H,3,5H2,1H3,(H3,11,12). The third-order valence-corrected chi connectivity index (χ3v) is 2.17. The minimum absolute atomic E-state index is 0.182. The van der Waals surface area contributed by atoms with Crippen molar-refractivity contribution in [2.75, 3.05) is 18.5 Å². The van der Waals surface area contributed by atoms with E-state index in [4.69, 9.17) is 22.7 Å². The van der Waals surface area contributed by atoms with E-state index in [0.717, 1.165) is 5.69 Å². The summed E-state index contributed by atoms with van der Waals surface area (Å²) in [5.41, 5.74) is 6.17. The van der Waals surface area contributed by atoms with E-state index in [0.29, 0.717) is 18.0 Å². The normalized spacial score (nSPS) is 9.86. The van der Waals surface area contributed by atoms with Crippen LogP contribution in [0.1, 0.15) is 6.42 Å². The molecule has 0 radical (unpaired) electrons. The molecule has 0 saturated carbocycles. The minimum atomic E-state index is 0.182. The smallest absolute Gasteiger partial charge is 0.0923 e. The quantitative estimate of drug-likeness (QED) is 0.587. The molecule has 1 aromatic rings. The Morgan fingerprint density at radius 1 is 1.71 bits per heavy atom. The highest BCUT2D eigenvalue weighted by Gasteiger charge is 2.05. The summed E-state index contributed by atoms with van der Waals surface area (Å²) in [7, 11) is 1.91. The Balaban J connectivity index is 2.65. The van der Waals surface area contributed by atoms with Crippen molar-refractivity contribution >= 4 is 23.1 Å². The average molecular weight is 213 g/mol. The SMILES string of the molecule is CN(CCC(=N)N)c1ccncc1Cl. The van der Waals surface area contributed by atoms with Crippen LogP contribution in [0, 0.1) is 5.41 Å². The minimum Gasteiger partial charge on any atom is -0.388 e. The first-order chi connectivity index (χ1) is 6.61. The molecule has 0 amide bonds. The third kappa shape index (κ3) is 2.88. The Morgan fingerprint density at radius 2 is 2.43 bits per heavy atom. The summed E-state index contributed by atoms with van der Waals surface area (Å²) in [5.74, 6) is 0.182. The van der Waals surface area contributed by atoms with Gasteiger partial charge in [0.05, 0.1) is 16.5 Å². The number of anilines is 1. The molecule has 0 spiro atoms. The maximum absolute atomic E-state index is 7.11. The van der Waals surface area contributed by atoms with Gasteiger partial charge < -0.3 is 10.6 Å². The monoisotopic (exact) mass is 212 g/mol. The molecule has 0 atom stereocenters. The second-order valence-corrected chi connectivity index (χ2v) is 3.43. The van der Waals surface area contributed by atoms with E-state index < -0.39 is 0 Å². The van der Waals surface area contributed by atoms with Crippen LogP contribution in [0.15, 0.2) is 18.5 Å². The van der Waals surface area contributed by atoms with Gasteiger partial charge in [0.1, 0.15) is 0 Å². The number of halogens is 1. The average Bonchev–Trinajstić information content (AvgIpc) is 2.15. The molecular formula is C9H13ClN4. The zero-order valence-electron chi connectivity index (χ0n) is 8.00.